The number of thioether (sulfide) groups is 1. The fourth-order valence-electron chi connectivity index (χ4n) is 2.00. The number of pyridine rings is 1. The van der Waals surface area contributed by atoms with E-state index in [4.69, 9.17) is 4.74 Å². The van der Waals surface area contributed by atoms with Crippen molar-refractivity contribution in [3.8, 4) is 0 Å². The third-order valence-electron chi connectivity index (χ3n) is 3.31. The van der Waals surface area contributed by atoms with Crippen LogP contribution in [-0.4, -0.2) is 49.1 Å². The molecule has 0 saturated heterocycles. The normalized spacial score (nSPS) is 10.1. The summed E-state index contributed by atoms with van der Waals surface area (Å²) < 4.78 is 5.54. The van der Waals surface area contributed by atoms with Gasteiger partial charge in [-0.15, -0.1) is 0 Å². The average Bonchev–Trinajstić information content (AvgIpc) is 2.65. The highest BCUT2D eigenvalue weighted by atomic mass is 32.2. The lowest BCUT2D eigenvalue weighted by Gasteiger charge is -2.11. The number of nitrogens with zero attached hydrogens (tertiary/aromatic N) is 2. The molecule has 142 valence electrons. The van der Waals surface area contributed by atoms with E-state index >= 15 is 0 Å². The van der Waals surface area contributed by atoms with Crippen molar-refractivity contribution in [1.82, 2.24) is 4.90 Å². The summed E-state index contributed by atoms with van der Waals surface area (Å²) >= 11 is 1.03. The fraction of sp³-hybridized carbons (Fsp3) is 0.222. The molecule has 1 aromatic heterocycles. The molecule has 0 fully saturated rings. The Kier molecular flexibility index (Phi) is 7.18. The summed E-state index contributed by atoms with van der Waals surface area (Å²) in [5, 5.41) is 14.4. The van der Waals surface area contributed by atoms with Crippen molar-refractivity contribution in [3.05, 3.63) is 59.4 Å². The minimum absolute atomic E-state index is 0.0825. The van der Waals surface area contributed by atoms with Crippen molar-refractivity contribution in [2.24, 2.45) is 0 Å². The van der Waals surface area contributed by atoms with Gasteiger partial charge < -0.3 is 20.2 Å². The highest BCUT2D eigenvalue weighted by molar-refractivity contribution is 7.99. The molecule has 2 aromatic rings. The Morgan fingerprint density at radius 2 is 1.85 bits per heavy atom. The third-order valence-corrected chi connectivity index (χ3v) is 4.30. The molecule has 0 aliphatic heterocycles. The van der Waals surface area contributed by atoms with E-state index in [0.717, 1.165) is 11.8 Å². The lowest BCUT2D eigenvalue weighted by atomic mass is 10.2. The number of aromatic nitrogens is 1. The number of esters is 1. The topological polar surface area (TPSA) is 103 Å². The minimum Gasteiger partial charge on any atom is -0.618 e. The first-order valence-electron chi connectivity index (χ1n) is 7.95. The van der Waals surface area contributed by atoms with Gasteiger partial charge in [0.25, 0.3) is 16.8 Å². The fourth-order valence-corrected chi connectivity index (χ4v) is 2.71. The van der Waals surface area contributed by atoms with Crippen LogP contribution in [0.5, 0.6) is 0 Å². The Hall–Kier alpha value is -3.07. The van der Waals surface area contributed by atoms with Gasteiger partial charge in [-0.1, -0.05) is 0 Å². The van der Waals surface area contributed by atoms with Crippen LogP contribution in [0.2, 0.25) is 0 Å². The van der Waals surface area contributed by atoms with E-state index in [9.17, 15) is 19.6 Å². The van der Waals surface area contributed by atoms with Crippen LogP contribution in [0.1, 0.15) is 10.4 Å². The zero-order valence-electron chi connectivity index (χ0n) is 14.9. The van der Waals surface area contributed by atoms with Crippen LogP contribution in [0.25, 0.3) is 0 Å². The molecule has 0 bridgehead atoms. The van der Waals surface area contributed by atoms with Gasteiger partial charge >= 0.3 is 5.97 Å². The van der Waals surface area contributed by atoms with Crippen LogP contribution in [-0.2, 0) is 14.3 Å². The van der Waals surface area contributed by atoms with Crippen molar-refractivity contribution in [3.63, 3.8) is 0 Å². The molecule has 0 atom stereocenters. The van der Waals surface area contributed by atoms with Gasteiger partial charge in [0.1, 0.15) is 5.75 Å². The summed E-state index contributed by atoms with van der Waals surface area (Å²) in [5.74, 6) is -1.33. The first kappa shape index (κ1) is 20.2. The first-order chi connectivity index (χ1) is 12.9. The molecular weight excluding hydrogens is 370 g/mol. The third kappa shape index (κ3) is 6.30. The number of amides is 2. The summed E-state index contributed by atoms with van der Waals surface area (Å²) in [5.41, 5.74) is 0.982. The van der Waals surface area contributed by atoms with Gasteiger partial charge in [-0.3, -0.25) is 14.4 Å². The molecule has 8 nitrogen and oxygen atoms in total. The van der Waals surface area contributed by atoms with Crippen LogP contribution < -0.4 is 10.0 Å². The largest absolute Gasteiger partial charge is 0.618 e. The molecule has 1 N–H and O–H groups in total. The van der Waals surface area contributed by atoms with Crippen molar-refractivity contribution in [1.29, 1.82) is 0 Å². The second-order valence-corrected chi connectivity index (χ2v) is 6.63. The predicted octanol–water partition coefficient (Wildman–Crippen LogP) is 1.30. The molecule has 27 heavy (non-hydrogen) atoms. The molecule has 0 spiro atoms. The standard InChI is InChI=1S/C18H19N3O5S/c1-20(2)18(24)13-6-8-14(9-7-13)19-15(22)11-26-17(23)12-27-16-5-3-4-10-21(16)25/h3-10H,11-12H2,1-2H3,(H,19,22). The quantitative estimate of drug-likeness (QED) is 0.331. The lowest BCUT2D eigenvalue weighted by molar-refractivity contribution is -0.645. The number of anilines is 1. The van der Waals surface area contributed by atoms with E-state index in [0.29, 0.717) is 21.0 Å². The molecule has 0 unspecified atom stereocenters. The second kappa shape index (κ2) is 9.58. The van der Waals surface area contributed by atoms with Crippen LogP contribution in [0.15, 0.2) is 53.7 Å². The van der Waals surface area contributed by atoms with E-state index in [2.05, 4.69) is 5.32 Å². The van der Waals surface area contributed by atoms with Crippen LogP contribution in [0.4, 0.5) is 5.69 Å². The minimum atomic E-state index is -0.606. The summed E-state index contributed by atoms with van der Waals surface area (Å²) in [4.78, 5) is 36.8. The maximum atomic E-state index is 11.8. The van der Waals surface area contributed by atoms with Crippen molar-refractivity contribution < 1.29 is 23.9 Å². The molecule has 0 aliphatic rings. The van der Waals surface area contributed by atoms with Gasteiger partial charge in [0.15, 0.2) is 12.8 Å². The van der Waals surface area contributed by atoms with Gasteiger partial charge in [-0.05, 0) is 42.1 Å². The van der Waals surface area contributed by atoms with Crippen LogP contribution in [0, 0.1) is 5.21 Å². The van der Waals surface area contributed by atoms with E-state index in [-0.39, 0.29) is 11.7 Å². The van der Waals surface area contributed by atoms with E-state index < -0.39 is 18.5 Å². The molecule has 0 saturated carbocycles. The van der Waals surface area contributed by atoms with Gasteiger partial charge in [0.05, 0.1) is 0 Å². The zero-order chi connectivity index (χ0) is 19.8. The molecule has 2 amide bonds. The zero-order valence-corrected chi connectivity index (χ0v) is 15.7. The van der Waals surface area contributed by atoms with Crippen LogP contribution in [0.3, 0.4) is 0 Å². The van der Waals surface area contributed by atoms with Gasteiger partial charge in [0, 0.05) is 37.5 Å². The molecule has 1 aromatic carbocycles. The van der Waals surface area contributed by atoms with Crippen LogP contribution >= 0.6 is 11.8 Å². The number of benzene rings is 1. The summed E-state index contributed by atoms with van der Waals surface area (Å²) in [6, 6.07) is 11.2. The first-order valence-corrected chi connectivity index (χ1v) is 8.93. The average molecular weight is 389 g/mol. The van der Waals surface area contributed by atoms with Gasteiger partial charge in [-0.2, -0.15) is 4.73 Å². The Labute approximate surface area is 160 Å². The maximum absolute atomic E-state index is 11.8. The van der Waals surface area contributed by atoms with E-state index in [1.807, 2.05) is 0 Å². The number of nitrogens with one attached hydrogen (secondary N) is 1. The molecule has 2 rings (SSSR count). The Balaban J connectivity index is 1.76. The Bertz CT molecular complexity index is 824. The number of hydrogen-bond donors (Lipinski definition) is 1. The number of carbonyl (C=O) groups excluding carboxylic acids is 3. The SMILES string of the molecule is CN(C)C(=O)c1ccc(NC(=O)COC(=O)CSc2cccc[n+]2[O-])cc1. The molecule has 9 heteroatoms. The van der Waals surface area contributed by atoms with Gasteiger partial charge in [-0.25, -0.2) is 0 Å². The highest BCUT2D eigenvalue weighted by Crippen LogP contribution is 2.13. The van der Waals surface area contributed by atoms with Gasteiger partial charge in [0.2, 0.25) is 0 Å². The number of rotatable bonds is 7. The Morgan fingerprint density at radius 1 is 1.15 bits per heavy atom. The highest BCUT2D eigenvalue weighted by Gasteiger charge is 2.12. The van der Waals surface area contributed by atoms with Crippen molar-refractivity contribution in [2.45, 2.75) is 5.03 Å². The summed E-state index contributed by atoms with van der Waals surface area (Å²) in [6.45, 7) is -0.441. The molecule has 0 aliphatic carbocycles. The van der Waals surface area contributed by atoms with Crippen molar-refractivity contribution >= 4 is 35.2 Å². The molecule has 0 radical (unpaired) electrons. The maximum Gasteiger partial charge on any atom is 0.317 e. The molecule has 1 heterocycles. The summed E-state index contributed by atoms with van der Waals surface area (Å²) in [6.07, 6.45) is 1.33. The summed E-state index contributed by atoms with van der Waals surface area (Å²) in [7, 11) is 3.30. The van der Waals surface area contributed by atoms with E-state index in [1.54, 1.807) is 56.6 Å². The Morgan fingerprint density at radius 3 is 2.48 bits per heavy atom. The lowest BCUT2D eigenvalue weighted by Crippen LogP contribution is -2.28. The second-order valence-electron chi connectivity index (χ2n) is 5.64. The number of hydrogen-bond acceptors (Lipinski definition) is 6. The monoisotopic (exact) mass is 389 g/mol. The van der Waals surface area contributed by atoms with Crippen molar-refractivity contribution in [2.75, 3.05) is 31.8 Å². The van der Waals surface area contributed by atoms with E-state index in [1.165, 1.54) is 11.1 Å². The molecular formula is C18H19N3O5S. The smallest absolute Gasteiger partial charge is 0.317 e. The number of carbonyl (C=O) groups is 3. The number of ether oxygens (including phenoxy) is 1. The predicted molar refractivity (Wildman–Crippen MR) is 100 cm³/mol.